The van der Waals surface area contributed by atoms with Crippen molar-refractivity contribution in [1.29, 1.82) is 0 Å². The molecule has 0 bridgehead atoms. The molecule has 0 atom stereocenters. The van der Waals surface area contributed by atoms with Crippen molar-refractivity contribution in [3.8, 4) is 0 Å². The number of nitrogens with one attached hydrogen (secondary N) is 2. The molecule has 2 heterocycles. The van der Waals surface area contributed by atoms with Crippen LogP contribution in [-0.4, -0.2) is 37.1 Å². The zero-order valence-corrected chi connectivity index (χ0v) is 18.9. The molecule has 0 spiro atoms. The Balaban J connectivity index is 1.34. The summed E-state index contributed by atoms with van der Waals surface area (Å²) in [7, 11) is 0. The van der Waals surface area contributed by atoms with E-state index in [2.05, 4.69) is 52.8 Å². The summed E-state index contributed by atoms with van der Waals surface area (Å²) in [6, 6.07) is 12.2. The molecule has 5 heteroatoms. The van der Waals surface area contributed by atoms with Gasteiger partial charge < -0.3 is 21.3 Å². The topological polar surface area (TPSA) is 53.3 Å². The monoisotopic (exact) mass is 422 g/mol. The van der Waals surface area contributed by atoms with E-state index in [0.29, 0.717) is 6.04 Å². The normalized spacial score (nSPS) is 19.9. The fourth-order valence-corrected chi connectivity index (χ4v) is 6.44. The molecule has 30 heavy (non-hydrogen) atoms. The molecule has 0 aromatic heterocycles. The van der Waals surface area contributed by atoms with Crippen molar-refractivity contribution in [3.63, 3.8) is 0 Å². The van der Waals surface area contributed by atoms with E-state index in [1.54, 1.807) is 0 Å². The number of anilines is 3. The zero-order chi connectivity index (χ0) is 20.5. The van der Waals surface area contributed by atoms with Gasteiger partial charge >= 0.3 is 0 Å². The van der Waals surface area contributed by atoms with Crippen LogP contribution in [-0.2, 0) is 0 Å². The number of hydrogen-bond acceptors (Lipinski definition) is 5. The van der Waals surface area contributed by atoms with Gasteiger partial charge in [-0.1, -0.05) is 30.7 Å². The number of benzene rings is 2. The van der Waals surface area contributed by atoms with E-state index in [-0.39, 0.29) is 0 Å². The van der Waals surface area contributed by atoms with Crippen molar-refractivity contribution in [2.75, 3.05) is 36.8 Å². The third-order valence-corrected chi connectivity index (χ3v) is 8.05. The fourth-order valence-electron chi connectivity index (χ4n) is 5.27. The number of aryl methyl sites for hydroxylation is 1. The van der Waals surface area contributed by atoms with Crippen LogP contribution in [0.1, 0.15) is 55.6 Å². The second kappa shape index (κ2) is 8.81. The Hall–Kier alpha value is -1.69. The Morgan fingerprint density at radius 2 is 1.87 bits per heavy atom. The molecule has 1 aliphatic carbocycles. The molecule has 2 fully saturated rings. The highest BCUT2D eigenvalue weighted by Crippen LogP contribution is 2.49. The first kappa shape index (κ1) is 20.2. The summed E-state index contributed by atoms with van der Waals surface area (Å²) in [5, 5.41) is 7.63. The maximum absolute atomic E-state index is 5.73. The first-order valence-corrected chi connectivity index (χ1v) is 12.4. The summed E-state index contributed by atoms with van der Waals surface area (Å²) in [5.74, 6) is 0.761. The van der Waals surface area contributed by atoms with Gasteiger partial charge in [0, 0.05) is 42.0 Å². The van der Waals surface area contributed by atoms with Crippen LogP contribution in [0.25, 0.3) is 0 Å². The molecule has 0 unspecified atom stereocenters. The Kier molecular flexibility index (Phi) is 5.94. The summed E-state index contributed by atoms with van der Waals surface area (Å²) in [5.41, 5.74) is 12.3. The van der Waals surface area contributed by atoms with Crippen LogP contribution < -0.4 is 16.4 Å². The second-order valence-corrected chi connectivity index (χ2v) is 10.3. The summed E-state index contributed by atoms with van der Waals surface area (Å²) in [6.07, 6.45) is 7.83. The molecule has 2 aliphatic heterocycles. The van der Waals surface area contributed by atoms with Gasteiger partial charge in [-0.25, -0.2) is 0 Å². The van der Waals surface area contributed by atoms with E-state index in [1.165, 1.54) is 76.5 Å². The Morgan fingerprint density at radius 1 is 1.07 bits per heavy atom. The lowest BCUT2D eigenvalue weighted by Gasteiger charge is -2.34. The molecule has 1 saturated carbocycles. The van der Waals surface area contributed by atoms with Crippen molar-refractivity contribution >= 4 is 28.8 Å². The first-order chi connectivity index (χ1) is 14.7. The Bertz CT molecular complexity index is 898. The third kappa shape index (κ3) is 4.20. The van der Waals surface area contributed by atoms with Gasteiger partial charge in [0.1, 0.15) is 0 Å². The second-order valence-electron chi connectivity index (χ2n) is 9.20. The molecule has 0 amide bonds. The van der Waals surface area contributed by atoms with Crippen molar-refractivity contribution in [2.24, 2.45) is 5.73 Å². The van der Waals surface area contributed by atoms with Gasteiger partial charge in [0.2, 0.25) is 0 Å². The largest absolute Gasteiger partial charge is 0.380 e. The molecule has 4 N–H and O–H groups in total. The molecule has 1 saturated heterocycles. The minimum Gasteiger partial charge on any atom is -0.380 e. The molecule has 4 nitrogen and oxygen atoms in total. The number of nitrogens with two attached hydrogens (primary N) is 1. The quantitative estimate of drug-likeness (QED) is 0.493. The molecular weight excluding hydrogens is 388 g/mol. The number of fused-ring (bicyclic) bond motifs is 2. The molecule has 160 valence electrons. The number of hydrogen-bond donors (Lipinski definition) is 3. The molecule has 5 rings (SSSR count). The SMILES string of the molecule is Cc1cc(NC2CCN(CCN)CC2)c2c(c1)Sc1cc(C3CCCC3)ccc1N2. The van der Waals surface area contributed by atoms with E-state index in [1.807, 2.05) is 11.8 Å². The van der Waals surface area contributed by atoms with E-state index in [4.69, 9.17) is 5.73 Å². The minimum atomic E-state index is 0.530. The lowest BCUT2D eigenvalue weighted by Crippen LogP contribution is -2.41. The first-order valence-electron chi connectivity index (χ1n) is 11.6. The maximum atomic E-state index is 5.73. The molecular formula is C25H34N4S. The Labute approximate surface area is 185 Å². The number of rotatable bonds is 5. The smallest absolute Gasteiger partial charge is 0.0762 e. The van der Waals surface area contributed by atoms with Gasteiger partial charge in [0.05, 0.1) is 17.1 Å². The zero-order valence-electron chi connectivity index (χ0n) is 18.0. The van der Waals surface area contributed by atoms with Crippen molar-refractivity contribution < 1.29 is 0 Å². The van der Waals surface area contributed by atoms with E-state index >= 15 is 0 Å². The predicted octanol–water partition coefficient (Wildman–Crippen LogP) is 5.70. The van der Waals surface area contributed by atoms with Gasteiger partial charge in [-0.2, -0.15) is 0 Å². The van der Waals surface area contributed by atoms with E-state index in [0.717, 1.165) is 32.1 Å². The van der Waals surface area contributed by atoms with Gasteiger partial charge in [0.15, 0.2) is 0 Å². The minimum absolute atomic E-state index is 0.530. The van der Waals surface area contributed by atoms with Crippen LogP contribution in [0, 0.1) is 6.92 Å². The average Bonchev–Trinajstić information content (AvgIpc) is 3.29. The summed E-state index contributed by atoms with van der Waals surface area (Å²) < 4.78 is 0. The lowest BCUT2D eigenvalue weighted by atomic mass is 9.97. The molecule has 3 aliphatic rings. The van der Waals surface area contributed by atoms with E-state index in [9.17, 15) is 0 Å². The lowest BCUT2D eigenvalue weighted by molar-refractivity contribution is 0.225. The average molecular weight is 423 g/mol. The molecule has 2 aromatic carbocycles. The highest BCUT2D eigenvalue weighted by atomic mass is 32.2. The van der Waals surface area contributed by atoms with Gasteiger partial charge in [-0.15, -0.1) is 0 Å². The van der Waals surface area contributed by atoms with E-state index < -0.39 is 0 Å². The van der Waals surface area contributed by atoms with Crippen molar-refractivity contribution in [3.05, 3.63) is 41.5 Å². The van der Waals surface area contributed by atoms with Crippen LogP contribution in [0.2, 0.25) is 0 Å². The number of piperidine rings is 1. The van der Waals surface area contributed by atoms with Crippen LogP contribution in [0.3, 0.4) is 0 Å². The molecule has 2 aromatic rings. The van der Waals surface area contributed by atoms with Crippen molar-refractivity contribution in [2.45, 2.75) is 67.2 Å². The van der Waals surface area contributed by atoms with Crippen LogP contribution in [0.5, 0.6) is 0 Å². The van der Waals surface area contributed by atoms with Crippen LogP contribution in [0.15, 0.2) is 40.1 Å². The Morgan fingerprint density at radius 3 is 2.63 bits per heavy atom. The third-order valence-electron chi connectivity index (χ3n) is 6.95. The summed E-state index contributed by atoms with van der Waals surface area (Å²) in [4.78, 5) is 5.20. The standard InChI is InChI=1S/C25H34N4S/c1-17-14-22(27-20-8-11-29(12-9-20)13-10-26)25-24(15-17)30-23-16-19(6-7-21(23)28-25)18-4-2-3-5-18/h6-7,14-16,18,20,27-28H,2-5,8-13,26H2,1H3. The highest BCUT2D eigenvalue weighted by Gasteiger charge is 2.25. The van der Waals surface area contributed by atoms with Crippen molar-refractivity contribution in [1.82, 2.24) is 4.90 Å². The fraction of sp³-hybridized carbons (Fsp3) is 0.520. The summed E-state index contributed by atoms with van der Waals surface area (Å²) in [6.45, 7) is 6.26. The van der Waals surface area contributed by atoms with Gasteiger partial charge in [-0.05, 0) is 73.9 Å². The molecule has 0 radical (unpaired) electrons. The van der Waals surface area contributed by atoms with Gasteiger partial charge in [0.25, 0.3) is 0 Å². The number of nitrogens with zero attached hydrogens (tertiary/aromatic N) is 1. The van der Waals surface area contributed by atoms with Gasteiger partial charge in [-0.3, -0.25) is 0 Å². The maximum Gasteiger partial charge on any atom is 0.0762 e. The predicted molar refractivity (Wildman–Crippen MR) is 128 cm³/mol. The summed E-state index contributed by atoms with van der Waals surface area (Å²) >= 11 is 1.93. The highest BCUT2D eigenvalue weighted by molar-refractivity contribution is 7.99. The van der Waals surface area contributed by atoms with Crippen LogP contribution in [0.4, 0.5) is 17.1 Å². The van der Waals surface area contributed by atoms with Crippen LogP contribution >= 0.6 is 11.8 Å². The number of likely N-dealkylation sites (tertiary alicyclic amines) is 1.